The molecule has 2 atom stereocenters. The number of carbonyl (C=O) groups excluding carboxylic acids is 1. The number of anilines is 1. The van der Waals surface area contributed by atoms with Crippen LogP contribution in [0.5, 0.6) is 0 Å². The van der Waals surface area contributed by atoms with Crippen molar-refractivity contribution in [1.82, 2.24) is 9.97 Å². The number of nitrogens with zero attached hydrogens (tertiary/aromatic N) is 2. The largest absolute Gasteiger partial charge is 0.370 e. The standard InChI is InChI=1S/C22H29N3O2/c1-5-15(4)27-20(14(2)3)16-8-10-19(11-9-16)25-22(26)18-12-23-21(24-13-18)17-6-7-17/h8-15,17,20H,5-7H2,1-4H3,(H,25,26)/t15-,20-/m1/s1. The molecule has 1 aromatic heterocycles. The normalized spacial score (nSPS) is 16.2. The fourth-order valence-corrected chi connectivity index (χ4v) is 2.93. The molecule has 1 amide bonds. The average molecular weight is 367 g/mol. The van der Waals surface area contributed by atoms with Crippen molar-refractivity contribution in [2.45, 2.75) is 65.1 Å². The molecule has 144 valence electrons. The summed E-state index contributed by atoms with van der Waals surface area (Å²) < 4.78 is 6.17. The van der Waals surface area contributed by atoms with Crippen molar-refractivity contribution in [2.75, 3.05) is 5.32 Å². The molecule has 0 radical (unpaired) electrons. The van der Waals surface area contributed by atoms with Crippen LogP contribution in [-0.2, 0) is 4.74 Å². The monoisotopic (exact) mass is 367 g/mol. The quantitative estimate of drug-likeness (QED) is 0.703. The summed E-state index contributed by atoms with van der Waals surface area (Å²) in [5.74, 6) is 1.51. The lowest BCUT2D eigenvalue weighted by Crippen LogP contribution is -2.17. The molecule has 1 aliphatic rings. The minimum atomic E-state index is -0.193. The van der Waals surface area contributed by atoms with Gasteiger partial charge in [-0.1, -0.05) is 32.9 Å². The molecule has 3 rings (SSSR count). The van der Waals surface area contributed by atoms with Gasteiger partial charge in [-0.3, -0.25) is 4.79 Å². The van der Waals surface area contributed by atoms with Gasteiger partial charge in [-0.25, -0.2) is 9.97 Å². The van der Waals surface area contributed by atoms with E-state index in [1.807, 2.05) is 24.3 Å². The van der Waals surface area contributed by atoms with E-state index in [1.54, 1.807) is 12.4 Å². The third kappa shape index (κ3) is 5.13. The van der Waals surface area contributed by atoms with Gasteiger partial charge < -0.3 is 10.1 Å². The molecule has 0 saturated heterocycles. The van der Waals surface area contributed by atoms with Crippen molar-refractivity contribution in [3.05, 3.63) is 53.6 Å². The molecule has 5 heteroatoms. The lowest BCUT2D eigenvalue weighted by Gasteiger charge is -2.25. The molecular formula is C22H29N3O2. The minimum absolute atomic E-state index is 0.0491. The van der Waals surface area contributed by atoms with E-state index in [2.05, 4.69) is 43.0 Å². The number of benzene rings is 1. The van der Waals surface area contributed by atoms with Gasteiger partial charge in [0, 0.05) is 24.0 Å². The Bertz CT molecular complexity index is 752. The van der Waals surface area contributed by atoms with Crippen LogP contribution in [0, 0.1) is 5.92 Å². The van der Waals surface area contributed by atoms with Gasteiger partial charge in [0.05, 0.1) is 17.8 Å². The predicted octanol–water partition coefficient (Wildman–Crippen LogP) is 5.12. The highest BCUT2D eigenvalue weighted by molar-refractivity contribution is 6.03. The maximum absolute atomic E-state index is 12.4. The van der Waals surface area contributed by atoms with E-state index in [0.29, 0.717) is 17.4 Å². The van der Waals surface area contributed by atoms with E-state index in [1.165, 1.54) is 0 Å². The van der Waals surface area contributed by atoms with Crippen LogP contribution in [-0.4, -0.2) is 22.0 Å². The first-order valence-corrected chi connectivity index (χ1v) is 9.86. The summed E-state index contributed by atoms with van der Waals surface area (Å²) >= 11 is 0. The molecule has 2 aromatic rings. The van der Waals surface area contributed by atoms with Crippen molar-refractivity contribution in [2.24, 2.45) is 5.92 Å². The molecule has 0 aliphatic heterocycles. The van der Waals surface area contributed by atoms with Crippen LogP contribution in [0.1, 0.15) is 80.7 Å². The van der Waals surface area contributed by atoms with Gasteiger partial charge in [-0.05, 0) is 49.8 Å². The number of ether oxygens (including phenoxy) is 1. The average Bonchev–Trinajstić information content (AvgIpc) is 3.52. The Morgan fingerprint density at radius 3 is 2.30 bits per heavy atom. The Morgan fingerprint density at radius 2 is 1.78 bits per heavy atom. The number of hydrogen-bond acceptors (Lipinski definition) is 4. The van der Waals surface area contributed by atoms with E-state index in [4.69, 9.17) is 4.74 Å². The van der Waals surface area contributed by atoms with Gasteiger partial charge >= 0.3 is 0 Å². The number of hydrogen-bond donors (Lipinski definition) is 1. The first-order valence-electron chi connectivity index (χ1n) is 9.86. The lowest BCUT2D eigenvalue weighted by molar-refractivity contribution is -0.0302. The van der Waals surface area contributed by atoms with Crippen molar-refractivity contribution < 1.29 is 9.53 Å². The molecule has 1 N–H and O–H groups in total. The first-order chi connectivity index (χ1) is 13.0. The highest BCUT2D eigenvalue weighted by Gasteiger charge is 2.26. The van der Waals surface area contributed by atoms with E-state index < -0.39 is 0 Å². The fourth-order valence-electron chi connectivity index (χ4n) is 2.93. The Morgan fingerprint density at radius 1 is 1.15 bits per heavy atom. The van der Waals surface area contributed by atoms with Gasteiger partial charge in [0.1, 0.15) is 5.82 Å². The van der Waals surface area contributed by atoms with Crippen molar-refractivity contribution >= 4 is 11.6 Å². The van der Waals surface area contributed by atoms with Crippen LogP contribution in [0.3, 0.4) is 0 Å². The minimum Gasteiger partial charge on any atom is -0.370 e. The number of carbonyl (C=O) groups is 1. The Hall–Kier alpha value is -2.27. The molecule has 1 aliphatic carbocycles. The Labute approximate surface area is 161 Å². The van der Waals surface area contributed by atoms with Crippen molar-refractivity contribution in [3.63, 3.8) is 0 Å². The van der Waals surface area contributed by atoms with E-state index in [0.717, 1.165) is 36.3 Å². The second-order valence-electron chi connectivity index (χ2n) is 7.70. The maximum Gasteiger partial charge on any atom is 0.258 e. The van der Waals surface area contributed by atoms with Gasteiger partial charge in [0.15, 0.2) is 0 Å². The van der Waals surface area contributed by atoms with Crippen LogP contribution >= 0.6 is 0 Å². The number of rotatable bonds is 8. The van der Waals surface area contributed by atoms with Gasteiger partial charge in [0.25, 0.3) is 5.91 Å². The van der Waals surface area contributed by atoms with Gasteiger partial charge in [-0.2, -0.15) is 0 Å². The van der Waals surface area contributed by atoms with Crippen molar-refractivity contribution in [3.8, 4) is 0 Å². The second-order valence-corrected chi connectivity index (χ2v) is 7.70. The van der Waals surface area contributed by atoms with E-state index in [9.17, 15) is 4.79 Å². The lowest BCUT2D eigenvalue weighted by atomic mass is 9.98. The Balaban J connectivity index is 1.64. The van der Waals surface area contributed by atoms with Crippen LogP contribution in [0.25, 0.3) is 0 Å². The molecule has 5 nitrogen and oxygen atoms in total. The summed E-state index contributed by atoms with van der Waals surface area (Å²) in [5, 5.41) is 2.91. The predicted molar refractivity (Wildman–Crippen MR) is 107 cm³/mol. The number of nitrogens with one attached hydrogen (secondary N) is 1. The van der Waals surface area contributed by atoms with Gasteiger partial charge in [-0.15, -0.1) is 0 Å². The zero-order valence-corrected chi connectivity index (χ0v) is 16.6. The van der Waals surface area contributed by atoms with E-state index in [-0.39, 0.29) is 18.1 Å². The Kier molecular flexibility index (Phi) is 6.22. The smallest absolute Gasteiger partial charge is 0.258 e. The van der Waals surface area contributed by atoms with Gasteiger partial charge in [0.2, 0.25) is 0 Å². The van der Waals surface area contributed by atoms with Crippen LogP contribution < -0.4 is 5.32 Å². The number of amides is 1. The van der Waals surface area contributed by atoms with Crippen LogP contribution in [0.15, 0.2) is 36.7 Å². The summed E-state index contributed by atoms with van der Waals surface area (Å²) in [6, 6.07) is 7.88. The third-order valence-electron chi connectivity index (χ3n) is 4.93. The molecule has 0 bridgehead atoms. The van der Waals surface area contributed by atoms with Crippen LogP contribution in [0.4, 0.5) is 5.69 Å². The summed E-state index contributed by atoms with van der Waals surface area (Å²) in [4.78, 5) is 21.0. The highest BCUT2D eigenvalue weighted by Crippen LogP contribution is 2.37. The molecule has 0 spiro atoms. The topological polar surface area (TPSA) is 64.1 Å². The zero-order chi connectivity index (χ0) is 19.4. The van der Waals surface area contributed by atoms with Crippen LogP contribution in [0.2, 0.25) is 0 Å². The number of aromatic nitrogens is 2. The fraction of sp³-hybridized carbons (Fsp3) is 0.500. The first kappa shape index (κ1) is 19.5. The summed E-state index contributed by atoms with van der Waals surface area (Å²) in [6.07, 6.45) is 6.77. The second kappa shape index (κ2) is 8.61. The molecule has 0 unspecified atom stereocenters. The molecule has 27 heavy (non-hydrogen) atoms. The summed E-state index contributed by atoms with van der Waals surface area (Å²) in [6.45, 7) is 8.55. The van der Waals surface area contributed by atoms with Crippen molar-refractivity contribution in [1.29, 1.82) is 0 Å². The molecule has 1 saturated carbocycles. The van der Waals surface area contributed by atoms with E-state index >= 15 is 0 Å². The molecule has 1 fully saturated rings. The highest BCUT2D eigenvalue weighted by atomic mass is 16.5. The summed E-state index contributed by atoms with van der Waals surface area (Å²) in [5.41, 5.74) is 2.35. The SMILES string of the molecule is CC[C@@H](C)O[C@@H](c1ccc(NC(=O)c2cnc(C3CC3)nc2)cc1)C(C)C. The summed E-state index contributed by atoms with van der Waals surface area (Å²) in [7, 11) is 0. The third-order valence-corrected chi connectivity index (χ3v) is 4.93. The molecule has 1 aromatic carbocycles. The maximum atomic E-state index is 12.4. The molecule has 1 heterocycles. The molecular weight excluding hydrogens is 338 g/mol. The zero-order valence-electron chi connectivity index (χ0n) is 16.6.